The third kappa shape index (κ3) is 4.62. The van der Waals surface area contributed by atoms with Crippen molar-refractivity contribution in [3.05, 3.63) is 0 Å². The van der Waals surface area contributed by atoms with E-state index < -0.39 is 0 Å². The monoisotopic (exact) mass is 151 g/mol. The van der Waals surface area contributed by atoms with Gasteiger partial charge in [0.25, 0.3) is 0 Å². The second-order valence-corrected chi connectivity index (χ2v) is 1.58. The predicted octanol–water partition coefficient (Wildman–Crippen LogP) is -2.81. The summed E-state index contributed by atoms with van der Waals surface area (Å²) in [6.45, 7) is -0.238. The van der Waals surface area contributed by atoms with Gasteiger partial charge in [-0.05, 0) is 0 Å². The SMILES string of the molecule is OCCNNN(CO)CO. The van der Waals surface area contributed by atoms with Crippen molar-refractivity contribution in [2.75, 3.05) is 26.6 Å². The molecule has 62 valence electrons. The Morgan fingerprint density at radius 1 is 1.10 bits per heavy atom. The van der Waals surface area contributed by atoms with Crippen LogP contribution >= 0.6 is 0 Å². The van der Waals surface area contributed by atoms with Gasteiger partial charge in [0.2, 0.25) is 0 Å². The normalized spacial score (nSPS) is 10.8. The average molecular weight is 151 g/mol. The third-order valence-corrected chi connectivity index (χ3v) is 0.815. The first-order valence-corrected chi connectivity index (χ1v) is 2.91. The minimum atomic E-state index is -0.297. The van der Waals surface area contributed by atoms with Crippen LogP contribution in [0.4, 0.5) is 0 Å². The summed E-state index contributed by atoms with van der Waals surface area (Å²) in [7, 11) is 0. The molecule has 0 saturated carbocycles. The summed E-state index contributed by atoms with van der Waals surface area (Å²) in [5, 5.41) is 26.3. The highest BCUT2D eigenvalue weighted by Crippen LogP contribution is 1.70. The molecule has 0 rings (SSSR count). The Balaban J connectivity index is 3.09. The maximum absolute atomic E-state index is 8.43. The van der Waals surface area contributed by atoms with Crippen molar-refractivity contribution in [2.24, 2.45) is 0 Å². The minimum absolute atomic E-state index is 0.00228. The Morgan fingerprint density at radius 2 is 1.70 bits per heavy atom. The molecule has 0 amide bonds. The number of hydrogen-bond acceptors (Lipinski definition) is 6. The zero-order valence-corrected chi connectivity index (χ0v) is 5.62. The first-order valence-electron chi connectivity index (χ1n) is 2.91. The van der Waals surface area contributed by atoms with Crippen molar-refractivity contribution in [2.45, 2.75) is 0 Å². The molecule has 0 spiro atoms. The fraction of sp³-hybridized carbons (Fsp3) is 1.00. The zero-order chi connectivity index (χ0) is 7.82. The van der Waals surface area contributed by atoms with Crippen LogP contribution in [0.3, 0.4) is 0 Å². The van der Waals surface area contributed by atoms with Gasteiger partial charge in [-0.25, -0.2) is 5.43 Å². The molecule has 0 aliphatic heterocycles. The third-order valence-electron chi connectivity index (χ3n) is 0.815. The lowest BCUT2D eigenvalue weighted by molar-refractivity contribution is -0.0249. The van der Waals surface area contributed by atoms with Crippen molar-refractivity contribution >= 4 is 0 Å². The highest BCUT2D eigenvalue weighted by molar-refractivity contribution is 4.34. The Morgan fingerprint density at radius 3 is 2.10 bits per heavy atom. The molecular weight excluding hydrogens is 138 g/mol. The smallest absolute Gasteiger partial charge is 0.112 e. The molecule has 0 heterocycles. The van der Waals surface area contributed by atoms with Gasteiger partial charge in [-0.1, -0.05) is 0 Å². The summed E-state index contributed by atoms with van der Waals surface area (Å²) in [5.74, 6) is 0. The van der Waals surface area contributed by atoms with E-state index in [9.17, 15) is 0 Å². The summed E-state index contributed by atoms with van der Waals surface area (Å²) in [6, 6.07) is 0. The average Bonchev–Trinajstić information content (AvgIpc) is 1.99. The molecule has 6 heteroatoms. The van der Waals surface area contributed by atoms with Crippen molar-refractivity contribution in [1.29, 1.82) is 0 Å². The van der Waals surface area contributed by atoms with Crippen LogP contribution in [0.25, 0.3) is 0 Å². The number of hydrazine groups is 2. The van der Waals surface area contributed by atoms with Gasteiger partial charge in [0.1, 0.15) is 13.5 Å². The van der Waals surface area contributed by atoms with E-state index >= 15 is 0 Å². The Hall–Kier alpha value is -0.240. The van der Waals surface area contributed by atoms with Crippen molar-refractivity contribution < 1.29 is 15.3 Å². The van der Waals surface area contributed by atoms with E-state index in [1.807, 2.05) is 0 Å². The van der Waals surface area contributed by atoms with E-state index in [0.717, 1.165) is 5.01 Å². The van der Waals surface area contributed by atoms with Gasteiger partial charge in [-0.15, -0.1) is 0 Å². The van der Waals surface area contributed by atoms with Gasteiger partial charge < -0.3 is 15.3 Å². The molecule has 0 atom stereocenters. The van der Waals surface area contributed by atoms with Gasteiger partial charge in [0.05, 0.1) is 6.61 Å². The molecule has 0 fully saturated rings. The number of rotatable bonds is 6. The second-order valence-electron chi connectivity index (χ2n) is 1.58. The molecule has 10 heavy (non-hydrogen) atoms. The van der Waals surface area contributed by atoms with Crippen molar-refractivity contribution in [3.63, 3.8) is 0 Å². The van der Waals surface area contributed by atoms with Crippen molar-refractivity contribution in [1.82, 2.24) is 16.0 Å². The molecule has 0 saturated heterocycles. The molecule has 0 aliphatic rings. The molecule has 6 nitrogen and oxygen atoms in total. The van der Waals surface area contributed by atoms with Gasteiger partial charge in [-0.3, -0.25) is 0 Å². The largest absolute Gasteiger partial charge is 0.395 e. The van der Waals surface area contributed by atoms with Crippen LogP contribution in [0.2, 0.25) is 0 Å². The number of hydrogen-bond donors (Lipinski definition) is 5. The summed E-state index contributed by atoms with van der Waals surface area (Å²) in [6.07, 6.45) is 0. The van der Waals surface area contributed by atoms with Crippen LogP contribution in [0.15, 0.2) is 0 Å². The lowest BCUT2D eigenvalue weighted by Gasteiger charge is -2.17. The second kappa shape index (κ2) is 6.87. The van der Waals surface area contributed by atoms with Gasteiger partial charge in [-0.2, -0.15) is 10.5 Å². The Labute approximate surface area is 59.0 Å². The summed E-state index contributed by atoms with van der Waals surface area (Å²) in [5.41, 5.74) is 4.99. The molecule has 0 aromatic heterocycles. The fourth-order valence-electron chi connectivity index (χ4n) is 0.339. The minimum Gasteiger partial charge on any atom is -0.395 e. The molecule has 0 aliphatic carbocycles. The van der Waals surface area contributed by atoms with Crippen LogP contribution in [0.5, 0.6) is 0 Å². The number of nitrogens with one attached hydrogen (secondary N) is 2. The van der Waals surface area contributed by atoms with E-state index in [2.05, 4.69) is 11.0 Å². The maximum Gasteiger partial charge on any atom is 0.112 e. The molecule has 0 radical (unpaired) electrons. The van der Waals surface area contributed by atoms with Crippen LogP contribution in [-0.4, -0.2) is 46.9 Å². The van der Waals surface area contributed by atoms with Crippen molar-refractivity contribution in [3.8, 4) is 0 Å². The predicted molar refractivity (Wildman–Crippen MR) is 34.2 cm³/mol. The van der Waals surface area contributed by atoms with Crippen LogP contribution in [0.1, 0.15) is 0 Å². The summed E-state index contributed by atoms with van der Waals surface area (Å²) in [4.78, 5) is 0. The Kier molecular flexibility index (Phi) is 6.71. The van der Waals surface area contributed by atoms with E-state index in [1.54, 1.807) is 0 Å². The first kappa shape index (κ1) is 9.76. The van der Waals surface area contributed by atoms with Crippen LogP contribution < -0.4 is 11.0 Å². The van der Waals surface area contributed by atoms with E-state index in [-0.39, 0.29) is 20.1 Å². The standard InChI is InChI=1S/C4H13N3O3/c8-2-1-5-6-7(3-9)4-10/h5-6,8-10H,1-4H2. The summed E-state index contributed by atoms with van der Waals surface area (Å²) >= 11 is 0. The highest BCUT2D eigenvalue weighted by Gasteiger charge is 1.95. The lowest BCUT2D eigenvalue weighted by Crippen LogP contribution is -2.48. The molecule has 0 unspecified atom stereocenters. The van der Waals surface area contributed by atoms with E-state index in [4.69, 9.17) is 15.3 Å². The zero-order valence-electron chi connectivity index (χ0n) is 5.62. The van der Waals surface area contributed by atoms with E-state index in [1.165, 1.54) is 0 Å². The van der Waals surface area contributed by atoms with Gasteiger partial charge >= 0.3 is 0 Å². The Bertz CT molecular complexity index is 68.8. The van der Waals surface area contributed by atoms with Crippen LogP contribution in [-0.2, 0) is 0 Å². The fourth-order valence-corrected chi connectivity index (χ4v) is 0.339. The molecule has 0 aromatic carbocycles. The topological polar surface area (TPSA) is 88.0 Å². The maximum atomic E-state index is 8.43. The summed E-state index contributed by atoms with van der Waals surface area (Å²) < 4.78 is 0. The van der Waals surface area contributed by atoms with Gasteiger partial charge in [0, 0.05) is 6.54 Å². The number of aliphatic hydroxyl groups excluding tert-OH is 3. The van der Waals surface area contributed by atoms with E-state index in [0.29, 0.717) is 6.54 Å². The molecule has 0 aromatic rings. The van der Waals surface area contributed by atoms with Crippen LogP contribution in [0, 0.1) is 0 Å². The molecular formula is C4H13N3O3. The van der Waals surface area contributed by atoms with Gasteiger partial charge in [0.15, 0.2) is 0 Å². The number of nitrogens with zero attached hydrogens (tertiary/aromatic N) is 1. The molecule has 5 N–H and O–H groups in total. The first-order chi connectivity index (χ1) is 4.85. The quantitative estimate of drug-likeness (QED) is 0.160. The number of aliphatic hydroxyl groups is 3. The lowest BCUT2D eigenvalue weighted by atomic mass is 10.7. The highest BCUT2D eigenvalue weighted by atomic mass is 16.3. The molecule has 0 bridgehead atoms.